The molecule has 0 saturated carbocycles. The smallest absolute Gasteiger partial charge is 0.300 e. The van der Waals surface area contributed by atoms with E-state index in [4.69, 9.17) is 10.3 Å². The first-order chi connectivity index (χ1) is 7.95. The third-order valence-corrected chi connectivity index (χ3v) is 3.95. The van der Waals surface area contributed by atoms with Crippen molar-refractivity contribution in [3.8, 4) is 0 Å². The summed E-state index contributed by atoms with van der Waals surface area (Å²) in [6, 6.07) is 1.68. The number of aryl methyl sites for hydroxylation is 1. The zero-order valence-corrected chi connectivity index (χ0v) is 11.0. The summed E-state index contributed by atoms with van der Waals surface area (Å²) < 4.78 is 5.29. The normalized spacial score (nSPS) is 14.4. The van der Waals surface area contributed by atoms with Gasteiger partial charge in [-0.05, 0) is 19.9 Å². The number of carbonyl (C=O) groups excluding carboxylic acids is 1. The average Bonchev–Trinajstić information content (AvgIpc) is 2.66. The van der Waals surface area contributed by atoms with Crippen molar-refractivity contribution in [2.75, 3.05) is 0 Å². The third-order valence-electron chi connectivity index (χ3n) is 2.56. The molecule has 4 N–H and O–H groups in total. The Morgan fingerprint density at radius 2 is 2.29 bits per heavy atom. The molecule has 1 aromatic heterocycles. The van der Waals surface area contributed by atoms with Crippen molar-refractivity contribution in [2.24, 2.45) is 5.84 Å². The van der Waals surface area contributed by atoms with Crippen molar-refractivity contribution in [3.05, 3.63) is 23.2 Å². The fourth-order valence-electron chi connectivity index (χ4n) is 1.21. The van der Waals surface area contributed by atoms with Crippen LogP contribution in [0.3, 0.4) is 0 Å². The lowest BCUT2D eigenvalue weighted by Gasteiger charge is -2.13. The van der Waals surface area contributed by atoms with Crippen molar-refractivity contribution < 1.29 is 14.3 Å². The molecule has 6 heteroatoms. The van der Waals surface area contributed by atoms with E-state index in [9.17, 15) is 9.90 Å². The van der Waals surface area contributed by atoms with Gasteiger partial charge in [-0.1, -0.05) is 6.92 Å². The maximum absolute atomic E-state index is 11.2. The maximum atomic E-state index is 11.2. The number of rotatable bonds is 5. The Hall–Kier alpha value is -0.980. The summed E-state index contributed by atoms with van der Waals surface area (Å²) in [5.41, 5.74) is 2.97. The van der Waals surface area contributed by atoms with Crippen molar-refractivity contribution in [1.29, 1.82) is 0 Å². The van der Waals surface area contributed by atoms with Crippen LogP contribution in [0.5, 0.6) is 0 Å². The molecule has 1 heterocycles. The number of nitrogen functional groups attached to an aromatic ring is 1. The van der Waals surface area contributed by atoms with Gasteiger partial charge in [0.25, 0.3) is 0 Å². The Bertz CT molecular complexity index is 390. The van der Waals surface area contributed by atoms with Crippen LogP contribution in [0.1, 0.15) is 35.7 Å². The minimum Gasteiger partial charge on any atom is -0.456 e. The largest absolute Gasteiger partial charge is 0.456 e. The molecule has 1 rings (SSSR count). The van der Waals surface area contributed by atoms with Crippen molar-refractivity contribution in [1.82, 2.24) is 5.43 Å². The van der Waals surface area contributed by atoms with Gasteiger partial charge < -0.3 is 9.52 Å². The predicted octanol–water partition coefficient (Wildman–Crippen LogP) is 1.19. The molecular formula is C11H18N2O3S. The predicted molar refractivity (Wildman–Crippen MR) is 67.5 cm³/mol. The van der Waals surface area contributed by atoms with Gasteiger partial charge in [0.15, 0.2) is 5.76 Å². The molecular weight excluding hydrogens is 240 g/mol. The van der Waals surface area contributed by atoms with Gasteiger partial charge >= 0.3 is 5.91 Å². The number of thioether (sulfide) groups is 1. The van der Waals surface area contributed by atoms with Gasteiger partial charge in [-0.15, -0.1) is 0 Å². The van der Waals surface area contributed by atoms with E-state index in [1.807, 2.05) is 12.3 Å². The summed E-state index contributed by atoms with van der Waals surface area (Å²) in [5, 5.41) is 9.51. The molecule has 2 unspecified atom stereocenters. The topological polar surface area (TPSA) is 88.5 Å². The zero-order valence-electron chi connectivity index (χ0n) is 10.2. The van der Waals surface area contributed by atoms with Crippen LogP contribution in [0.25, 0.3) is 0 Å². The first-order valence-electron chi connectivity index (χ1n) is 5.35. The second-order valence-corrected chi connectivity index (χ2v) is 5.29. The summed E-state index contributed by atoms with van der Waals surface area (Å²) >= 11 is 1.61. The van der Waals surface area contributed by atoms with E-state index >= 15 is 0 Å². The molecule has 1 aromatic rings. The standard InChI is InChI=1S/C11H18N2O3S/c1-6(14)8(3)17-5-9-4-10(11(15)13-12)16-7(9)2/h4,6,8,14H,5,12H2,1-3H3,(H,13,15). The lowest BCUT2D eigenvalue weighted by atomic mass is 10.3. The fraction of sp³-hybridized carbons (Fsp3) is 0.545. The lowest BCUT2D eigenvalue weighted by Crippen LogP contribution is -2.29. The van der Waals surface area contributed by atoms with Gasteiger partial charge in [0.05, 0.1) is 6.10 Å². The Balaban J connectivity index is 2.66. The van der Waals surface area contributed by atoms with E-state index in [0.29, 0.717) is 11.5 Å². The summed E-state index contributed by atoms with van der Waals surface area (Å²) in [6.45, 7) is 5.52. The van der Waals surface area contributed by atoms with E-state index in [1.54, 1.807) is 31.7 Å². The Kier molecular flexibility index (Phi) is 5.04. The molecule has 0 bridgehead atoms. The first kappa shape index (κ1) is 14.1. The van der Waals surface area contributed by atoms with E-state index in [1.165, 1.54) is 0 Å². The highest BCUT2D eigenvalue weighted by molar-refractivity contribution is 7.99. The Labute approximate surface area is 105 Å². The van der Waals surface area contributed by atoms with E-state index in [2.05, 4.69) is 0 Å². The third kappa shape index (κ3) is 3.76. The van der Waals surface area contributed by atoms with Gasteiger partial charge in [0.2, 0.25) is 0 Å². The van der Waals surface area contributed by atoms with E-state index < -0.39 is 5.91 Å². The van der Waals surface area contributed by atoms with Crippen LogP contribution < -0.4 is 11.3 Å². The molecule has 0 aliphatic heterocycles. The summed E-state index contributed by atoms with van der Waals surface area (Å²) in [7, 11) is 0. The number of amides is 1. The van der Waals surface area contributed by atoms with E-state index in [-0.39, 0.29) is 17.1 Å². The minimum absolute atomic E-state index is 0.135. The molecule has 0 spiro atoms. The molecule has 0 aliphatic rings. The van der Waals surface area contributed by atoms with E-state index in [0.717, 1.165) is 5.56 Å². The molecule has 0 fully saturated rings. The first-order valence-corrected chi connectivity index (χ1v) is 6.40. The highest BCUT2D eigenvalue weighted by Gasteiger charge is 2.15. The van der Waals surface area contributed by atoms with Crippen LogP contribution in [0.15, 0.2) is 10.5 Å². The average molecular weight is 258 g/mol. The summed E-state index contributed by atoms with van der Waals surface area (Å²) in [4.78, 5) is 11.2. The highest BCUT2D eigenvalue weighted by Crippen LogP contribution is 2.24. The number of aliphatic hydroxyl groups excluding tert-OH is 1. The number of hydrazine groups is 1. The van der Waals surface area contributed by atoms with Gasteiger partial charge in [0, 0.05) is 16.6 Å². The Morgan fingerprint density at radius 1 is 1.65 bits per heavy atom. The number of carbonyl (C=O) groups is 1. The molecule has 0 radical (unpaired) electrons. The van der Waals surface area contributed by atoms with Crippen LogP contribution in [0.4, 0.5) is 0 Å². The number of nitrogens with one attached hydrogen (secondary N) is 1. The molecule has 1 amide bonds. The van der Waals surface area contributed by atoms with Gasteiger partial charge in [-0.2, -0.15) is 11.8 Å². The molecule has 5 nitrogen and oxygen atoms in total. The molecule has 0 aromatic carbocycles. The quantitative estimate of drug-likeness (QED) is 0.419. The van der Waals surface area contributed by atoms with Crippen LogP contribution in [0.2, 0.25) is 0 Å². The van der Waals surface area contributed by atoms with Crippen molar-refractivity contribution in [3.63, 3.8) is 0 Å². The maximum Gasteiger partial charge on any atom is 0.300 e. The highest BCUT2D eigenvalue weighted by atomic mass is 32.2. The number of furan rings is 1. The molecule has 17 heavy (non-hydrogen) atoms. The number of aliphatic hydroxyl groups is 1. The van der Waals surface area contributed by atoms with Crippen LogP contribution >= 0.6 is 11.8 Å². The van der Waals surface area contributed by atoms with Crippen molar-refractivity contribution in [2.45, 2.75) is 37.9 Å². The monoisotopic (exact) mass is 258 g/mol. The lowest BCUT2D eigenvalue weighted by molar-refractivity contribution is 0.0924. The second-order valence-electron chi connectivity index (χ2n) is 3.92. The molecule has 0 aliphatic carbocycles. The Morgan fingerprint density at radius 3 is 2.82 bits per heavy atom. The van der Waals surface area contributed by atoms with Gasteiger partial charge in [0.1, 0.15) is 5.76 Å². The molecule has 96 valence electrons. The number of hydrogen-bond acceptors (Lipinski definition) is 5. The number of hydrogen-bond donors (Lipinski definition) is 3. The second kappa shape index (κ2) is 6.09. The summed E-state index contributed by atoms with van der Waals surface area (Å²) in [6.07, 6.45) is -0.362. The van der Waals surface area contributed by atoms with Crippen molar-refractivity contribution >= 4 is 17.7 Å². The summed E-state index contributed by atoms with van der Waals surface area (Å²) in [5.74, 6) is 6.20. The van der Waals surface area contributed by atoms with Crippen LogP contribution in [0, 0.1) is 6.92 Å². The number of nitrogens with two attached hydrogens (primary N) is 1. The van der Waals surface area contributed by atoms with Crippen LogP contribution in [-0.2, 0) is 5.75 Å². The van der Waals surface area contributed by atoms with Gasteiger partial charge in [-0.25, -0.2) is 5.84 Å². The van der Waals surface area contributed by atoms with Crippen LogP contribution in [-0.4, -0.2) is 22.4 Å². The molecule has 0 saturated heterocycles. The zero-order chi connectivity index (χ0) is 13.0. The SMILES string of the molecule is Cc1oc(C(=O)NN)cc1CSC(C)C(C)O. The molecule has 2 atom stereocenters. The minimum atomic E-state index is -0.437. The van der Waals surface area contributed by atoms with Gasteiger partial charge in [-0.3, -0.25) is 10.2 Å². The fourth-order valence-corrected chi connectivity index (χ4v) is 2.21.